The number of benzene rings is 1. The van der Waals surface area contributed by atoms with Crippen molar-refractivity contribution in [3.63, 3.8) is 0 Å². The van der Waals surface area contributed by atoms with Gasteiger partial charge in [0.05, 0.1) is 5.92 Å². The molecule has 5 heteroatoms. The number of hydrogen-bond donors (Lipinski definition) is 0. The highest BCUT2D eigenvalue weighted by Gasteiger charge is 2.28. The van der Waals surface area contributed by atoms with Gasteiger partial charge >= 0.3 is 0 Å². The van der Waals surface area contributed by atoms with Crippen molar-refractivity contribution in [1.82, 2.24) is 14.9 Å². The standard InChI is InChI=1S/C21H28N4O/c1-3-4-14-24(2)21(26)18-11-8-15-25(16-18)19-12-13-22-20(23-19)17-9-6-5-7-10-17/h5-7,9-10,12-13,18H,3-4,8,11,14-16H2,1-2H3/t18-/m0/s1. The molecular weight excluding hydrogens is 324 g/mol. The third-order valence-electron chi connectivity index (χ3n) is 4.99. The van der Waals surface area contributed by atoms with Crippen LogP contribution in [0.4, 0.5) is 5.82 Å². The van der Waals surface area contributed by atoms with E-state index in [-0.39, 0.29) is 11.8 Å². The summed E-state index contributed by atoms with van der Waals surface area (Å²) in [5.74, 6) is 1.96. The van der Waals surface area contributed by atoms with Crippen LogP contribution in [0.3, 0.4) is 0 Å². The van der Waals surface area contributed by atoms with E-state index in [1.165, 1.54) is 0 Å². The molecule has 1 aliphatic rings. The van der Waals surface area contributed by atoms with E-state index in [9.17, 15) is 4.79 Å². The number of aromatic nitrogens is 2. The van der Waals surface area contributed by atoms with Crippen molar-refractivity contribution in [3.8, 4) is 11.4 Å². The number of carbonyl (C=O) groups is 1. The molecule has 1 fully saturated rings. The first-order valence-electron chi connectivity index (χ1n) is 9.57. The van der Waals surface area contributed by atoms with Gasteiger partial charge in [-0.3, -0.25) is 4.79 Å². The monoisotopic (exact) mass is 352 g/mol. The topological polar surface area (TPSA) is 49.3 Å². The van der Waals surface area contributed by atoms with Gasteiger partial charge in [-0.2, -0.15) is 0 Å². The zero-order chi connectivity index (χ0) is 18.4. The van der Waals surface area contributed by atoms with E-state index in [0.717, 1.165) is 62.5 Å². The molecule has 2 heterocycles. The summed E-state index contributed by atoms with van der Waals surface area (Å²) in [6.45, 7) is 4.67. The fourth-order valence-corrected chi connectivity index (χ4v) is 3.46. The summed E-state index contributed by atoms with van der Waals surface area (Å²) < 4.78 is 0. The lowest BCUT2D eigenvalue weighted by atomic mass is 9.96. The van der Waals surface area contributed by atoms with Crippen molar-refractivity contribution in [2.45, 2.75) is 32.6 Å². The Hall–Kier alpha value is -2.43. The summed E-state index contributed by atoms with van der Waals surface area (Å²) >= 11 is 0. The molecule has 5 nitrogen and oxygen atoms in total. The molecule has 0 aliphatic carbocycles. The number of amides is 1. The van der Waals surface area contributed by atoms with Gasteiger partial charge in [0.1, 0.15) is 5.82 Å². The first-order chi connectivity index (χ1) is 12.7. The molecule has 138 valence electrons. The van der Waals surface area contributed by atoms with Gasteiger partial charge in [-0.15, -0.1) is 0 Å². The Kier molecular flexibility index (Phi) is 6.21. The largest absolute Gasteiger partial charge is 0.356 e. The predicted octanol–water partition coefficient (Wildman–Crippen LogP) is 3.62. The average molecular weight is 352 g/mol. The summed E-state index contributed by atoms with van der Waals surface area (Å²) in [7, 11) is 1.93. The maximum atomic E-state index is 12.7. The van der Waals surface area contributed by atoms with Crippen LogP contribution in [-0.4, -0.2) is 47.5 Å². The van der Waals surface area contributed by atoms with Crippen LogP contribution in [0.15, 0.2) is 42.6 Å². The van der Waals surface area contributed by atoms with Crippen molar-refractivity contribution in [1.29, 1.82) is 0 Å². The minimum atomic E-state index is 0.0562. The van der Waals surface area contributed by atoms with Gasteiger partial charge in [0, 0.05) is 38.4 Å². The number of nitrogens with zero attached hydrogens (tertiary/aromatic N) is 4. The summed E-state index contributed by atoms with van der Waals surface area (Å²) in [5.41, 5.74) is 1.01. The van der Waals surface area contributed by atoms with Gasteiger partial charge in [-0.1, -0.05) is 43.7 Å². The molecule has 26 heavy (non-hydrogen) atoms. The van der Waals surface area contributed by atoms with Gasteiger partial charge in [0.2, 0.25) is 5.91 Å². The molecule has 0 saturated carbocycles. The summed E-state index contributed by atoms with van der Waals surface area (Å²) in [4.78, 5) is 26.0. The van der Waals surface area contributed by atoms with E-state index >= 15 is 0 Å². The maximum absolute atomic E-state index is 12.7. The fourth-order valence-electron chi connectivity index (χ4n) is 3.46. The van der Waals surface area contributed by atoms with Gasteiger partial charge in [0.15, 0.2) is 5.82 Å². The maximum Gasteiger partial charge on any atom is 0.227 e. The molecule has 1 amide bonds. The molecule has 3 rings (SSSR count). The number of rotatable bonds is 6. The van der Waals surface area contributed by atoms with Crippen LogP contribution in [0.1, 0.15) is 32.6 Å². The second-order valence-corrected chi connectivity index (χ2v) is 7.00. The van der Waals surface area contributed by atoms with Crippen molar-refractivity contribution < 1.29 is 4.79 Å². The fraction of sp³-hybridized carbons (Fsp3) is 0.476. The molecule has 0 bridgehead atoms. The smallest absolute Gasteiger partial charge is 0.227 e. The quantitative estimate of drug-likeness (QED) is 0.797. The molecule has 0 radical (unpaired) electrons. The van der Waals surface area contributed by atoms with E-state index in [2.05, 4.69) is 16.8 Å². The Morgan fingerprint density at radius 1 is 1.27 bits per heavy atom. The van der Waals surface area contributed by atoms with E-state index in [1.807, 2.05) is 54.5 Å². The molecular formula is C21H28N4O. The number of anilines is 1. The zero-order valence-electron chi connectivity index (χ0n) is 15.8. The van der Waals surface area contributed by atoms with Crippen molar-refractivity contribution in [2.24, 2.45) is 5.92 Å². The highest BCUT2D eigenvalue weighted by Crippen LogP contribution is 2.24. The lowest BCUT2D eigenvalue weighted by Gasteiger charge is -2.34. The molecule has 1 atom stereocenters. The summed E-state index contributed by atoms with van der Waals surface area (Å²) in [5, 5.41) is 0. The summed E-state index contributed by atoms with van der Waals surface area (Å²) in [6.07, 6.45) is 5.96. The van der Waals surface area contributed by atoms with Crippen LogP contribution in [0.5, 0.6) is 0 Å². The molecule has 2 aromatic rings. The third kappa shape index (κ3) is 4.40. The van der Waals surface area contributed by atoms with Crippen molar-refractivity contribution in [3.05, 3.63) is 42.6 Å². The Balaban J connectivity index is 1.71. The Morgan fingerprint density at radius 3 is 2.85 bits per heavy atom. The van der Waals surface area contributed by atoms with Crippen LogP contribution < -0.4 is 4.90 Å². The van der Waals surface area contributed by atoms with Crippen LogP contribution >= 0.6 is 0 Å². The second kappa shape index (κ2) is 8.79. The summed E-state index contributed by atoms with van der Waals surface area (Å²) in [6, 6.07) is 12.0. The first-order valence-corrected chi connectivity index (χ1v) is 9.57. The van der Waals surface area contributed by atoms with Crippen LogP contribution in [0.2, 0.25) is 0 Å². The number of hydrogen-bond acceptors (Lipinski definition) is 4. The SMILES string of the molecule is CCCCN(C)C(=O)[C@H]1CCCN(c2ccnc(-c3ccccc3)n2)C1. The Bertz CT molecular complexity index is 719. The minimum absolute atomic E-state index is 0.0562. The predicted molar refractivity (Wildman–Crippen MR) is 105 cm³/mol. The van der Waals surface area contributed by atoms with Crippen LogP contribution in [0.25, 0.3) is 11.4 Å². The normalized spacial score (nSPS) is 17.2. The highest BCUT2D eigenvalue weighted by molar-refractivity contribution is 5.79. The number of carbonyl (C=O) groups excluding carboxylic acids is 1. The number of unbranched alkanes of at least 4 members (excludes halogenated alkanes) is 1. The highest BCUT2D eigenvalue weighted by atomic mass is 16.2. The van der Waals surface area contributed by atoms with Gasteiger partial charge in [-0.25, -0.2) is 9.97 Å². The van der Waals surface area contributed by atoms with Gasteiger partial charge in [-0.05, 0) is 25.3 Å². The van der Waals surface area contributed by atoms with E-state index in [1.54, 1.807) is 0 Å². The van der Waals surface area contributed by atoms with Gasteiger partial charge < -0.3 is 9.80 Å². The van der Waals surface area contributed by atoms with E-state index in [0.29, 0.717) is 0 Å². The van der Waals surface area contributed by atoms with Gasteiger partial charge in [0.25, 0.3) is 0 Å². The lowest BCUT2D eigenvalue weighted by Crippen LogP contribution is -2.44. The molecule has 1 aromatic heterocycles. The molecule has 1 saturated heterocycles. The molecule has 0 N–H and O–H groups in total. The molecule has 1 aromatic carbocycles. The third-order valence-corrected chi connectivity index (χ3v) is 4.99. The number of piperidine rings is 1. The first kappa shape index (κ1) is 18.4. The van der Waals surface area contributed by atoms with Crippen molar-refractivity contribution >= 4 is 11.7 Å². The minimum Gasteiger partial charge on any atom is -0.356 e. The Morgan fingerprint density at radius 2 is 2.08 bits per heavy atom. The molecule has 0 spiro atoms. The van der Waals surface area contributed by atoms with Crippen LogP contribution in [-0.2, 0) is 4.79 Å². The molecule has 0 unspecified atom stereocenters. The average Bonchev–Trinajstić information content (AvgIpc) is 2.72. The molecule has 1 aliphatic heterocycles. The van der Waals surface area contributed by atoms with Crippen LogP contribution in [0, 0.1) is 5.92 Å². The Labute approximate surface area is 156 Å². The zero-order valence-corrected chi connectivity index (χ0v) is 15.8. The van der Waals surface area contributed by atoms with E-state index in [4.69, 9.17) is 4.98 Å². The lowest BCUT2D eigenvalue weighted by molar-refractivity contribution is -0.134. The van der Waals surface area contributed by atoms with E-state index < -0.39 is 0 Å². The second-order valence-electron chi connectivity index (χ2n) is 7.00. The van der Waals surface area contributed by atoms with Crippen molar-refractivity contribution in [2.75, 3.05) is 31.6 Å².